The Hall–Kier alpha value is -1.73. The van der Waals surface area contributed by atoms with Gasteiger partial charge in [-0.05, 0) is 31.2 Å². The van der Waals surface area contributed by atoms with Crippen LogP contribution < -0.4 is 0 Å². The minimum Gasteiger partial charge on any atom is -0.425 e. The molecule has 1 saturated heterocycles. The Bertz CT molecular complexity index is 791. The fraction of sp³-hybridized carbons (Fsp3) is 0.529. The van der Waals surface area contributed by atoms with E-state index in [9.17, 15) is 8.42 Å². The Morgan fingerprint density at radius 2 is 1.54 bits per heavy atom. The van der Waals surface area contributed by atoms with Crippen molar-refractivity contribution in [2.75, 3.05) is 13.1 Å². The molecule has 0 bridgehead atoms. The van der Waals surface area contributed by atoms with E-state index in [1.165, 1.54) is 0 Å². The van der Waals surface area contributed by atoms with Gasteiger partial charge in [-0.25, -0.2) is 12.7 Å². The van der Waals surface area contributed by atoms with Crippen LogP contribution >= 0.6 is 0 Å². The molecular weight excluding hydrogens is 326 g/mol. The van der Waals surface area contributed by atoms with E-state index < -0.39 is 10.0 Å². The van der Waals surface area contributed by atoms with Gasteiger partial charge in [0.05, 0.1) is 5.75 Å². The second-order valence-corrected chi connectivity index (χ2v) is 8.64. The molecule has 7 heteroatoms. The lowest BCUT2D eigenvalue weighted by Crippen LogP contribution is -2.38. The molecule has 1 saturated carbocycles. The van der Waals surface area contributed by atoms with Crippen LogP contribution in [0.1, 0.15) is 54.9 Å². The quantitative estimate of drug-likeness (QED) is 0.831. The summed E-state index contributed by atoms with van der Waals surface area (Å²) in [6.07, 6.45) is 3.75. The summed E-state index contributed by atoms with van der Waals surface area (Å²) in [6.45, 7) is 1.03. The average molecular weight is 347 g/mol. The number of hydrogen-bond acceptors (Lipinski definition) is 5. The number of benzene rings is 1. The third kappa shape index (κ3) is 3.37. The van der Waals surface area contributed by atoms with Gasteiger partial charge >= 0.3 is 0 Å². The molecule has 2 heterocycles. The number of nitrogens with zero attached hydrogens (tertiary/aromatic N) is 3. The molecule has 1 aliphatic heterocycles. The molecule has 24 heavy (non-hydrogen) atoms. The highest BCUT2D eigenvalue weighted by molar-refractivity contribution is 7.88. The van der Waals surface area contributed by atoms with E-state index in [1.807, 2.05) is 30.3 Å². The molecule has 4 rings (SSSR count). The Kier molecular flexibility index (Phi) is 4.14. The summed E-state index contributed by atoms with van der Waals surface area (Å²) in [6, 6.07) is 9.32. The van der Waals surface area contributed by atoms with E-state index in [0.29, 0.717) is 24.9 Å². The van der Waals surface area contributed by atoms with Crippen LogP contribution in [0.2, 0.25) is 0 Å². The average Bonchev–Trinajstić information content (AvgIpc) is 3.33. The van der Waals surface area contributed by atoms with Gasteiger partial charge in [0, 0.05) is 24.9 Å². The molecule has 0 radical (unpaired) electrons. The van der Waals surface area contributed by atoms with Gasteiger partial charge in [0.25, 0.3) is 0 Å². The summed E-state index contributed by atoms with van der Waals surface area (Å²) < 4.78 is 32.5. The maximum Gasteiger partial charge on any atom is 0.219 e. The van der Waals surface area contributed by atoms with E-state index >= 15 is 0 Å². The third-order valence-electron chi connectivity index (χ3n) is 4.77. The Morgan fingerprint density at radius 3 is 2.12 bits per heavy atom. The van der Waals surface area contributed by atoms with Gasteiger partial charge in [-0.15, -0.1) is 10.2 Å². The molecule has 0 atom stereocenters. The molecule has 0 N–H and O–H groups in total. The molecule has 1 aliphatic carbocycles. The zero-order valence-electron chi connectivity index (χ0n) is 13.5. The third-order valence-corrected chi connectivity index (χ3v) is 6.62. The van der Waals surface area contributed by atoms with Crippen LogP contribution in [0.25, 0.3) is 0 Å². The first-order valence-corrected chi connectivity index (χ1v) is 10.1. The first-order chi connectivity index (χ1) is 11.6. The zero-order chi connectivity index (χ0) is 16.6. The van der Waals surface area contributed by atoms with Crippen molar-refractivity contribution >= 4 is 10.0 Å². The molecule has 1 aromatic carbocycles. The fourth-order valence-electron chi connectivity index (χ4n) is 3.16. The van der Waals surface area contributed by atoms with Crippen molar-refractivity contribution in [2.45, 2.75) is 43.3 Å². The number of piperidine rings is 1. The smallest absolute Gasteiger partial charge is 0.219 e. The van der Waals surface area contributed by atoms with Crippen LogP contribution in [-0.2, 0) is 15.8 Å². The summed E-state index contributed by atoms with van der Waals surface area (Å²) in [4.78, 5) is 0. The maximum atomic E-state index is 12.6. The standard InChI is InChI=1S/C17H21N3O3S/c21-24(22,12-13-4-2-1-3-5-13)20-10-8-15(9-11-20)17-19-18-16(23-17)14-6-7-14/h1-5,14-15H,6-12H2. The van der Waals surface area contributed by atoms with Gasteiger partial charge in [-0.1, -0.05) is 30.3 Å². The molecule has 2 fully saturated rings. The molecular formula is C17H21N3O3S. The highest BCUT2D eigenvalue weighted by atomic mass is 32.2. The zero-order valence-corrected chi connectivity index (χ0v) is 14.3. The van der Waals surface area contributed by atoms with Gasteiger partial charge in [0.15, 0.2) is 0 Å². The van der Waals surface area contributed by atoms with Crippen LogP contribution in [0.15, 0.2) is 34.7 Å². The monoisotopic (exact) mass is 347 g/mol. The van der Waals surface area contributed by atoms with Crippen molar-refractivity contribution in [3.8, 4) is 0 Å². The number of sulfonamides is 1. The van der Waals surface area contributed by atoms with Crippen LogP contribution in [0, 0.1) is 0 Å². The highest BCUT2D eigenvalue weighted by Crippen LogP contribution is 2.40. The van der Waals surface area contributed by atoms with E-state index in [1.54, 1.807) is 4.31 Å². The summed E-state index contributed by atoms with van der Waals surface area (Å²) >= 11 is 0. The lowest BCUT2D eigenvalue weighted by molar-refractivity contribution is 0.286. The molecule has 0 unspecified atom stereocenters. The van der Waals surface area contributed by atoms with E-state index in [-0.39, 0.29) is 11.7 Å². The molecule has 2 aromatic rings. The predicted molar refractivity (Wildman–Crippen MR) is 88.9 cm³/mol. The maximum absolute atomic E-state index is 12.6. The summed E-state index contributed by atoms with van der Waals surface area (Å²) in [5.74, 6) is 2.12. The van der Waals surface area contributed by atoms with Gasteiger partial charge < -0.3 is 4.42 Å². The summed E-state index contributed by atoms with van der Waals surface area (Å²) in [7, 11) is -3.27. The van der Waals surface area contributed by atoms with Crippen LogP contribution in [0.3, 0.4) is 0 Å². The van der Waals surface area contributed by atoms with E-state index in [4.69, 9.17) is 4.42 Å². The summed E-state index contributed by atoms with van der Waals surface area (Å²) in [5, 5.41) is 8.30. The van der Waals surface area contributed by atoms with Crippen molar-refractivity contribution < 1.29 is 12.8 Å². The highest BCUT2D eigenvalue weighted by Gasteiger charge is 2.33. The van der Waals surface area contributed by atoms with Crippen molar-refractivity contribution in [3.63, 3.8) is 0 Å². The van der Waals surface area contributed by atoms with Crippen LogP contribution in [-0.4, -0.2) is 36.0 Å². The molecule has 6 nitrogen and oxygen atoms in total. The van der Waals surface area contributed by atoms with Gasteiger partial charge in [-0.2, -0.15) is 0 Å². The van der Waals surface area contributed by atoms with Crippen molar-refractivity contribution in [3.05, 3.63) is 47.7 Å². The van der Waals surface area contributed by atoms with Crippen LogP contribution in [0.5, 0.6) is 0 Å². The SMILES string of the molecule is O=S(=O)(Cc1ccccc1)N1CCC(c2nnc(C3CC3)o2)CC1. The predicted octanol–water partition coefficient (Wildman–Crippen LogP) is 2.66. The Balaban J connectivity index is 1.38. The van der Waals surface area contributed by atoms with E-state index in [0.717, 1.165) is 37.1 Å². The van der Waals surface area contributed by atoms with Gasteiger partial charge in [0.1, 0.15) is 0 Å². The van der Waals surface area contributed by atoms with Crippen molar-refractivity contribution in [2.24, 2.45) is 0 Å². The van der Waals surface area contributed by atoms with Gasteiger partial charge in [-0.3, -0.25) is 0 Å². The minimum absolute atomic E-state index is 0.0604. The summed E-state index contributed by atoms with van der Waals surface area (Å²) in [5.41, 5.74) is 0.825. The Labute approximate surface area is 141 Å². The number of aromatic nitrogens is 2. The Morgan fingerprint density at radius 1 is 0.958 bits per heavy atom. The number of hydrogen-bond donors (Lipinski definition) is 0. The fourth-order valence-corrected chi connectivity index (χ4v) is 4.73. The normalized spacial score (nSPS) is 20.3. The van der Waals surface area contributed by atoms with Gasteiger partial charge in [0.2, 0.25) is 21.8 Å². The lowest BCUT2D eigenvalue weighted by Gasteiger charge is -2.29. The lowest BCUT2D eigenvalue weighted by atomic mass is 9.98. The van der Waals surface area contributed by atoms with Crippen LogP contribution in [0.4, 0.5) is 0 Å². The molecule has 0 spiro atoms. The second-order valence-electron chi connectivity index (χ2n) is 6.67. The van der Waals surface area contributed by atoms with Crippen molar-refractivity contribution in [1.29, 1.82) is 0 Å². The second kappa shape index (κ2) is 6.29. The molecule has 1 aromatic heterocycles. The molecule has 128 valence electrons. The molecule has 2 aliphatic rings. The van der Waals surface area contributed by atoms with Crippen molar-refractivity contribution in [1.82, 2.24) is 14.5 Å². The topological polar surface area (TPSA) is 76.3 Å². The largest absolute Gasteiger partial charge is 0.425 e. The molecule has 0 amide bonds. The van der Waals surface area contributed by atoms with E-state index in [2.05, 4.69) is 10.2 Å². The first-order valence-electron chi connectivity index (χ1n) is 8.47. The number of rotatable bonds is 5. The first kappa shape index (κ1) is 15.8. The minimum atomic E-state index is -3.27.